The molecule has 2 atom stereocenters. The molecule has 5 aromatic carbocycles. The van der Waals surface area contributed by atoms with Crippen LogP contribution in [0.3, 0.4) is 0 Å². The summed E-state index contributed by atoms with van der Waals surface area (Å²) in [6.07, 6.45) is 0.736. The predicted octanol–water partition coefficient (Wildman–Crippen LogP) is 7.54. The first-order valence-electron chi connectivity index (χ1n) is 12.0. The summed E-state index contributed by atoms with van der Waals surface area (Å²) < 4.78 is 28.0. The van der Waals surface area contributed by atoms with Gasteiger partial charge in [0.15, 0.2) is 11.6 Å². The number of ketones is 2. The summed E-state index contributed by atoms with van der Waals surface area (Å²) in [6.45, 7) is 0. The lowest BCUT2D eigenvalue weighted by Gasteiger charge is -2.31. The van der Waals surface area contributed by atoms with E-state index >= 15 is 0 Å². The molecule has 4 heteroatoms. The molecule has 1 aliphatic carbocycles. The van der Waals surface area contributed by atoms with E-state index in [0.29, 0.717) is 35.1 Å². The molecule has 0 bridgehead atoms. The lowest BCUT2D eigenvalue weighted by Crippen LogP contribution is -2.34. The Morgan fingerprint density at radius 1 is 0.667 bits per heavy atom. The molecular formula is C32H22F2O2. The van der Waals surface area contributed by atoms with Gasteiger partial charge in [0.25, 0.3) is 0 Å². The van der Waals surface area contributed by atoms with E-state index in [2.05, 4.69) is 0 Å². The van der Waals surface area contributed by atoms with E-state index in [1.54, 1.807) is 18.2 Å². The minimum Gasteiger partial charge on any atom is -0.298 e. The van der Waals surface area contributed by atoms with Gasteiger partial charge >= 0.3 is 0 Å². The first-order valence-corrected chi connectivity index (χ1v) is 12.0. The van der Waals surface area contributed by atoms with E-state index in [-0.39, 0.29) is 17.4 Å². The Bertz CT molecular complexity index is 1650. The lowest BCUT2D eigenvalue weighted by atomic mass is 9.69. The highest BCUT2D eigenvalue weighted by molar-refractivity contribution is 6.26. The van der Waals surface area contributed by atoms with Crippen molar-refractivity contribution in [1.82, 2.24) is 0 Å². The fourth-order valence-electron chi connectivity index (χ4n) is 5.57. The second-order valence-electron chi connectivity index (χ2n) is 9.35. The summed E-state index contributed by atoms with van der Waals surface area (Å²) in [7, 11) is 0. The highest BCUT2D eigenvalue weighted by Crippen LogP contribution is 2.43. The normalized spacial score (nSPS) is 17.5. The van der Waals surface area contributed by atoms with Crippen LogP contribution in [0.2, 0.25) is 0 Å². The average molecular weight is 477 g/mol. The quantitative estimate of drug-likeness (QED) is 0.198. The Morgan fingerprint density at radius 2 is 1.39 bits per heavy atom. The number of carbonyl (C=O) groups excluding carboxylic acids is 2. The van der Waals surface area contributed by atoms with E-state index < -0.39 is 17.7 Å². The number of carbonyl (C=O) groups is 2. The summed E-state index contributed by atoms with van der Waals surface area (Å²) >= 11 is 0. The molecule has 0 heterocycles. The van der Waals surface area contributed by atoms with Crippen LogP contribution < -0.4 is 0 Å². The molecule has 0 amide bonds. The first-order chi connectivity index (χ1) is 17.5. The van der Waals surface area contributed by atoms with Crippen LogP contribution in [0.5, 0.6) is 0 Å². The second-order valence-corrected chi connectivity index (χ2v) is 9.35. The van der Waals surface area contributed by atoms with Crippen LogP contribution in [0.4, 0.5) is 8.78 Å². The summed E-state index contributed by atoms with van der Waals surface area (Å²) in [5, 5.41) is 3.84. The van der Waals surface area contributed by atoms with E-state index in [4.69, 9.17) is 0 Å². The number of aryl methyl sites for hydroxylation is 1. The number of hydrogen-bond acceptors (Lipinski definition) is 2. The highest BCUT2D eigenvalue weighted by Gasteiger charge is 2.42. The first kappa shape index (κ1) is 22.3. The van der Waals surface area contributed by atoms with Crippen LogP contribution in [0, 0.1) is 11.6 Å². The van der Waals surface area contributed by atoms with Gasteiger partial charge in [-0.2, -0.15) is 0 Å². The molecule has 0 aromatic heterocycles. The number of fused-ring (bicyclic) bond motifs is 5. The molecule has 5 aromatic rings. The third kappa shape index (κ3) is 3.61. The molecule has 0 fully saturated rings. The summed E-state index contributed by atoms with van der Waals surface area (Å²) in [5.74, 6) is -2.84. The van der Waals surface area contributed by atoms with Crippen molar-refractivity contribution in [3.05, 3.63) is 131 Å². The van der Waals surface area contributed by atoms with Gasteiger partial charge in [-0.3, -0.25) is 9.59 Å². The Balaban J connectivity index is 1.54. The third-order valence-corrected chi connectivity index (χ3v) is 7.33. The molecule has 176 valence electrons. The van der Waals surface area contributed by atoms with Crippen molar-refractivity contribution >= 4 is 33.1 Å². The second kappa shape index (κ2) is 8.80. The smallest absolute Gasteiger partial charge is 0.178 e. The van der Waals surface area contributed by atoms with Crippen LogP contribution in [0.15, 0.2) is 97.1 Å². The Hall–Kier alpha value is -4.18. The molecule has 0 spiro atoms. The SMILES string of the molecule is O=C1c2c(ccc3c2ccc2ccccc23)C(CCc2ccccc2F)C(=O)C1c1ccc(F)cc1. The van der Waals surface area contributed by atoms with Gasteiger partial charge in [0.05, 0.1) is 0 Å². The third-order valence-electron chi connectivity index (χ3n) is 7.33. The largest absolute Gasteiger partial charge is 0.298 e. The van der Waals surface area contributed by atoms with Crippen LogP contribution in [-0.4, -0.2) is 11.6 Å². The van der Waals surface area contributed by atoms with Crippen LogP contribution in [0.1, 0.15) is 45.3 Å². The van der Waals surface area contributed by atoms with Crippen LogP contribution in [0.25, 0.3) is 21.5 Å². The van der Waals surface area contributed by atoms with Gasteiger partial charge in [-0.05, 0) is 69.3 Å². The number of Topliss-reactive ketones (excluding diaryl/α,β-unsaturated/α-hetero) is 2. The van der Waals surface area contributed by atoms with Gasteiger partial charge in [0.2, 0.25) is 0 Å². The molecule has 2 unspecified atom stereocenters. The molecule has 1 aliphatic rings. The number of rotatable bonds is 4. The number of benzene rings is 5. The minimum absolute atomic E-state index is 0.226. The highest BCUT2D eigenvalue weighted by atomic mass is 19.1. The standard InChI is InChI=1S/C32H22F2O2/c33-22-13-9-21(10-14-22)29-31(35)27(16-12-20-6-2-4-8-28(20)34)26-18-17-24-23-7-3-1-5-19(23)11-15-25(24)30(26)32(29)36/h1-11,13-15,17-18,27,29H,12,16H2. The maximum atomic E-state index is 14.4. The zero-order valence-corrected chi connectivity index (χ0v) is 19.4. The maximum Gasteiger partial charge on any atom is 0.178 e. The monoisotopic (exact) mass is 476 g/mol. The molecule has 6 rings (SSSR count). The fourth-order valence-corrected chi connectivity index (χ4v) is 5.57. The molecule has 0 saturated carbocycles. The van der Waals surface area contributed by atoms with Crippen molar-refractivity contribution in [2.75, 3.05) is 0 Å². The van der Waals surface area contributed by atoms with Crippen molar-refractivity contribution in [1.29, 1.82) is 0 Å². The summed E-state index contributed by atoms with van der Waals surface area (Å²) in [4.78, 5) is 27.8. The number of halogens is 2. The van der Waals surface area contributed by atoms with Crippen LogP contribution >= 0.6 is 0 Å². The van der Waals surface area contributed by atoms with E-state index in [1.165, 1.54) is 30.3 Å². The zero-order valence-electron chi connectivity index (χ0n) is 19.4. The van der Waals surface area contributed by atoms with Crippen molar-refractivity contribution in [3.8, 4) is 0 Å². The minimum atomic E-state index is -1.03. The molecule has 0 N–H and O–H groups in total. The molecule has 0 saturated heterocycles. The van der Waals surface area contributed by atoms with Gasteiger partial charge in [0.1, 0.15) is 17.6 Å². The van der Waals surface area contributed by atoms with Crippen LogP contribution in [-0.2, 0) is 11.2 Å². The van der Waals surface area contributed by atoms with E-state index in [1.807, 2.05) is 48.5 Å². The van der Waals surface area contributed by atoms with E-state index in [9.17, 15) is 18.4 Å². The molecular weight excluding hydrogens is 454 g/mol. The molecule has 0 radical (unpaired) electrons. The topological polar surface area (TPSA) is 34.1 Å². The van der Waals surface area contributed by atoms with Gasteiger partial charge < -0.3 is 0 Å². The van der Waals surface area contributed by atoms with Gasteiger partial charge in [0, 0.05) is 11.5 Å². The zero-order chi connectivity index (χ0) is 24.8. The van der Waals surface area contributed by atoms with Crippen molar-refractivity contribution in [2.24, 2.45) is 0 Å². The van der Waals surface area contributed by atoms with Gasteiger partial charge in [-0.25, -0.2) is 8.78 Å². The van der Waals surface area contributed by atoms with Gasteiger partial charge in [-0.1, -0.05) is 78.9 Å². The maximum absolute atomic E-state index is 14.4. The van der Waals surface area contributed by atoms with Crippen molar-refractivity contribution in [2.45, 2.75) is 24.7 Å². The summed E-state index contributed by atoms with van der Waals surface area (Å²) in [6, 6.07) is 27.9. The van der Waals surface area contributed by atoms with Gasteiger partial charge in [-0.15, -0.1) is 0 Å². The van der Waals surface area contributed by atoms with E-state index in [0.717, 1.165) is 21.5 Å². The van der Waals surface area contributed by atoms with Crippen molar-refractivity contribution in [3.63, 3.8) is 0 Å². The fraction of sp³-hybridized carbons (Fsp3) is 0.125. The average Bonchev–Trinajstić information content (AvgIpc) is 2.90. The Kier molecular flexibility index (Phi) is 5.45. The molecule has 0 aliphatic heterocycles. The molecule has 2 nitrogen and oxygen atoms in total. The predicted molar refractivity (Wildman–Crippen MR) is 137 cm³/mol. The number of hydrogen-bond donors (Lipinski definition) is 0. The van der Waals surface area contributed by atoms with Crippen molar-refractivity contribution < 1.29 is 18.4 Å². The Morgan fingerprint density at radius 3 is 2.19 bits per heavy atom. The lowest BCUT2D eigenvalue weighted by molar-refractivity contribution is -0.121. The molecule has 36 heavy (non-hydrogen) atoms. The summed E-state index contributed by atoms with van der Waals surface area (Å²) in [5.41, 5.74) is 2.23. The Labute approximate surface area is 207 Å².